The fourth-order valence-electron chi connectivity index (χ4n) is 4.19. The Morgan fingerprint density at radius 1 is 1.24 bits per heavy atom. The number of carbonyl (C=O) groups is 2. The number of halogens is 3. The molecular formula is C24H19ClF2N4O2. The van der Waals surface area contributed by atoms with Crippen LogP contribution in [0.15, 0.2) is 54.7 Å². The van der Waals surface area contributed by atoms with Crippen molar-refractivity contribution in [2.75, 3.05) is 13.1 Å². The standard InChI is InChI=1S/C24H19ClF2N4O2/c25-16-4-1-14(2-5-16)22(32)20(12-31-13-24(26,27)10-17(31)11-28)15-3-6-21-19(9-15)18(23(29)33)7-8-30-21/h1-9,17,20H,10,12-13H2,(H2,29,33)/t17-,20?/m0/s1. The number of Topliss-reactive ketones (excluding diaryl/α,β-unsaturated/α-hetero) is 1. The lowest BCUT2D eigenvalue weighted by Gasteiger charge is -2.25. The van der Waals surface area contributed by atoms with Crippen molar-refractivity contribution >= 4 is 34.2 Å². The average molecular weight is 469 g/mol. The van der Waals surface area contributed by atoms with E-state index in [-0.39, 0.29) is 17.9 Å². The lowest BCUT2D eigenvalue weighted by molar-refractivity contribution is 0.0115. The van der Waals surface area contributed by atoms with Gasteiger partial charge in [0.05, 0.1) is 29.6 Å². The van der Waals surface area contributed by atoms with Crippen LogP contribution < -0.4 is 5.73 Å². The highest BCUT2D eigenvalue weighted by atomic mass is 35.5. The Morgan fingerprint density at radius 3 is 2.64 bits per heavy atom. The number of nitriles is 1. The van der Waals surface area contributed by atoms with Gasteiger partial charge in [0, 0.05) is 35.1 Å². The predicted octanol–water partition coefficient (Wildman–Crippen LogP) is 4.19. The van der Waals surface area contributed by atoms with E-state index in [0.717, 1.165) is 0 Å². The van der Waals surface area contributed by atoms with Crippen LogP contribution in [-0.2, 0) is 0 Å². The topological polar surface area (TPSA) is 100 Å². The lowest BCUT2D eigenvalue weighted by Crippen LogP contribution is -2.36. The normalized spacial score (nSPS) is 18.7. The SMILES string of the molecule is N#C[C@@H]1CC(F)(F)CN1CC(C(=O)c1ccc(Cl)cc1)c1ccc2nccc(C(N)=O)c2c1. The van der Waals surface area contributed by atoms with Gasteiger partial charge in [-0.15, -0.1) is 0 Å². The summed E-state index contributed by atoms with van der Waals surface area (Å²) < 4.78 is 28.1. The summed E-state index contributed by atoms with van der Waals surface area (Å²) in [4.78, 5) is 31.0. The summed E-state index contributed by atoms with van der Waals surface area (Å²) in [5, 5.41) is 10.3. The summed E-state index contributed by atoms with van der Waals surface area (Å²) in [6, 6.07) is 13.6. The number of nitrogens with zero attached hydrogens (tertiary/aromatic N) is 3. The van der Waals surface area contributed by atoms with Crippen molar-refractivity contribution in [2.45, 2.75) is 24.3 Å². The van der Waals surface area contributed by atoms with Crippen molar-refractivity contribution in [1.82, 2.24) is 9.88 Å². The van der Waals surface area contributed by atoms with Gasteiger partial charge in [0.1, 0.15) is 6.04 Å². The van der Waals surface area contributed by atoms with E-state index in [1.807, 2.05) is 6.07 Å². The highest BCUT2D eigenvalue weighted by molar-refractivity contribution is 6.30. The predicted molar refractivity (Wildman–Crippen MR) is 119 cm³/mol. The molecule has 2 N–H and O–H groups in total. The molecule has 1 aliphatic rings. The number of primary amides is 1. The van der Waals surface area contributed by atoms with E-state index < -0.39 is 36.8 Å². The lowest BCUT2D eigenvalue weighted by atomic mass is 9.88. The molecule has 168 valence electrons. The Morgan fingerprint density at radius 2 is 1.97 bits per heavy atom. The molecule has 1 amide bonds. The van der Waals surface area contributed by atoms with Crippen LogP contribution in [0.2, 0.25) is 5.02 Å². The molecule has 4 rings (SSSR count). The Hall–Kier alpha value is -3.41. The number of likely N-dealkylation sites (tertiary alicyclic amines) is 1. The number of alkyl halides is 2. The molecule has 33 heavy (non-hydrogen) atoms. The van der Waals surface area contributed by atoms with Crippen LogP contribution in [0.1, 0.15) is 38.6 Å². The van der Waals surface area contributed by atoms with E-state index in [2.05, 4.69) is 4.98 Å². The molecule has 6 nitrogen and oxygen atoms in total. The molecule has 0 radical (unpaired) electrons. The van der Waals surface area contributed by atoms with Crippen LogP contribution >= 0.6 is 11.6 Å². The molecule has 1 fully saturated rings. The van der Waals surface area contributed by atoms with Gasteiger partial charge in [-0.05, 0) is 48.0 Å². The molecule has 0 saturated carbocycles. The molecule has 1 aromatic heterocycles. The minimum absolute atomic E-state index is 0.0903. The first-order valence-electron chi connectivity index (χ1n) is 10.2. The number of aromatic nitrogens is 1. The molecule has 1 saturated heterocycles. The van der Waals surface area contributed by atoms with Gasteiger partial charge in [-0.3, -0.25) is 19.5 Å². The minimum atomic E-state index is -3.01. The maximum atomic E-state index is 14.1. The van der Waals surface area contributed by atoms with Gasteiger partial charge in [0.2, 0.25) is 5.91 Å². The maximum absolute atomic E-state index is 14.1. The van der Waals surface area contributed by atoms with E-state index in [4.69, 9.17) is 17.3 Å². The second kappa shape index (κ2) is 8.85. The van der Waals surface area contributed by atoms with Crippen LogP contribution in [0.25, 0.3) is 10.9 Å². The number of ketones is 1. The van der Waals surface area contributed by atoms with Crippen LogP contribution in [0, 0.1) is 11.3 Å². The number of carbonyl (C=O) groups excluding carboxylic acids is 2. The Bertz CT molecular complexity index is 1270. The Labute approximate surface area is 193 Å². The quantitative estimate of drug-likeness (QED) is 0.547. The minimum Gasteiger partial charge on any atom is -0.366 e. The van der Waals surface area contributed by atoms with E-state index in [1.54, 1.807) is 42.5 Å². The maximum Gasteiger partial charge on any atom is 0.263 e. The molecule has 2 atom stereocenters. The van der Waals surface area contributed by atoms with Crippen LogP contribution in [0.3, 0.4) is 0 Å². The van der Waals surface area contributed by atoms with Crippen molar-refractivity contribution in [3.63, 3.8) is 0 Å². The smallest absolute Gasteiger partial charge is 0.263 e. The number of hydrogen-bond acceptors (Lipinski definition) is 5. The second-order valence-electron chi connectivity index (χ2n) is 8.06. The fourth-order valence-corrected chi connectivity index (χ4v) is 4.31. The fraction of sp³-hybridized carbons (Fsp3) is 0.250. The zero-order valence-electron chi connectivity index (χ0n) is 17.3. The summed E-state index contributed by atoms with van der Waals surface area (Å²) in [6.45, 7) is -0.704. The number of pyridine rings is 1. The zero-order valence-corrected chi connectivity index (χ0v) is 18.1. The van der Waals surface area contributed by atoms with Crippen molar-refractivity contribution in [3.05, 3.63) is 76.4 Å². The van der Waals surface area contributed by atoms with Gasteiger partial charge < -0.3 is 5.73 Å². The number of benzene rings is 2. The largest absolute Gasteiger partial charge is 0.366 e. The van der Waals surface area contributed by atoms with Crippen molar-refractivity contribution in [3.8, 4) is 6.07 Å². The average Bonchev–Trinajstić information content (AvgIpc) is 3.10. The highest BCUT2D eigenvalue weighted by Gasteiger charge is 2.46. The molecule has 3 aromatic rings. The molecule has 9 heteroatoms. The first-order valence-corrected chi connectivity index (χ1v) is 10.6. The van der Waals surface area contributed by atoms with Gasteiger partial charge in [0.15, 0.2) is 5.78 Å². The number of rotatable bonds is 6. The first kappa shape index (κ1) is 22.8. The molecular weight excluding hydrogens is 450 g/mol. The Balaban J connectivity index is 1.79. The van der Waals surface area contributed by atoms with Crippen LogP contribution in [0.4, 0.5) is 8.78 Å². The molecule has 2 heterocycles. The van der Waals surface area contributed by atoms with E-state index >= 15 is 0 Å². The van der Waals surface area contributed by atoms with Crippen molar-refractivity contribution in [1.29, 1.82) is 5.26 Å². The molecule has 0 spiro atoms. The number of fused-ring (bicyclic) bond motifs is 1. The summed E-state index contributed by atoms with van der Waals surface area (Å²) in [6.07, 6.45) is 0.876. The summed E-state index contributed by atoms with van der Waals surface area (Å²) >= 11 is 5.94. The summed E-state index contributed by atoms with van der Waals surface area (Å²) in [5.41, 5.74) is 7.10. The van der Waals surface area contributed by atoms with Gasteiger partial charge >= 0.3 is 0 Å². The number of hydrogen-bond donors (Lipinski definition) is 1. The Kier molecular flexibility index (Phi) is 6.11. The monoisotopic (exact) mass is 468 g/mol. The summed E-state index contributed by atoms with van der Waals surface area (Å²) in [7, 11) is 0. The van der Waals surface area contributed by atoms with Gasteiger partial charge in [-0.2, -0.15) is 5.26 Å². The van der Waals surface area contributed by atoms with Gasteiger partial charge in [-0.25, -0.2) is 8.78 Å². The summed E-state index contributed by atoms with van der Waals surface area (Å²) in [5.74, 6) is -4.85. The first-order chi connectivity index (χ1) is 15.7. The van der Waals surface area contributed by atoms with Gasteiger partial charge in [0.25, 0.3) is 5.92 Å². The molecule has 2 aromatic carbocycles. The van der Waals surface area contributed by atoms with E-state index in [1.165, 1.54) is 17.2 Å². The third kappa shape index (κ3) is 4.70. The van der Waals surface area contributed by atoms with E-state index in [9.17, 15) is 23.6 Å². The molecule has 1 aliphatic heterocycles. The molecule has 1 unspecified atom stereocenters. The number of nitrogens with two attached hydrogens (primary N) is 1. The number of amides is 1. The van der Waals surface area contributed by atoms with Crippen LogP contribution in [-0.4, -0.2) is 46.6 Å². The third-order valence-corrected chi connectivity index (χ3v) is 6.06. The highest BCUT2D eigenvalue weighted by Crippen LogP contribution is 2.35. The van der Waals surface area contributed by atoms with E-state index in [0.29, 0.717) is 27.1 Å². The molecule has 0 bridgehead atoms. The zero-order chi connectivity index (χ0) is 23.8. The third-order valence-electron chi connectivity index (χ3n) is 5.81. The van der Waals surface area contributed by atoms with Crippen molar-refractivity contribution < 1.29 is 18.4 Å². The van der Waals surface area contributed by atoms with Crippen molar-refractivity contribution in [2.24, 2.45) is 5.73 Å². The molecule has 0 aliphatic carbocycles. The van der Waals surface area contributed by atoms with Gasteiger partial charge in [-0.1, -0.05) is 17.7 Å². The second-order valence-corrected chi connectivity index (χ2v) is 8.49. The van der Waals surface area contributed by atoms with Crippen LogP contribution in [0.5, 0.6) is 0 Å².